The highest BCUT2D eigenvalue weighted by molar-refractivity contribution is 7.13. The quantitative estimate of drug-likeness (QED) is 0.613. The lowest BCUT2D eigenvalue weighted by Gasteiger charge is -2.10. The number of hydrogen-bond donors (Lipinski definition) is 0. The molecule has 0 N–H and O–H groups in total. The Morgan fingerprint density at radius 3 is 2.53 bits per heavy atom. The highest BCUT2D eigenvalue weighted by Gasteiger charge is 2.34. The normalized spacial score (nSPS) is 11.6. The molecule has 0 unspecified atom stereocenters. The zero-order chi connectivity index (χ0) is 14.2. The molecule has 2 rings (SSSR count). The van der Waals surface area contributed by atoms with Crippen LogP contribution < -0.4 is 0 Å². The number of Topliss-reactive ketones (excluding diaryl/α,β-unsaturated/α-hetero) is 1. The fourth-order valence-corrected chi connectivity index (χ4v) is 2.39. The number of aromatic nitrogens is 1. The number of alkyl halides is 3. The van der Waals surface area contributed by atoms with Gasteiger partial charge >= 0.3 is 6.18 Å². The lowest BCUT2D eigenvalue weighted by molar-refractivity contribution is -0.137. The fraction of sp³-hybridized carbons (Fsp3) is 0.167. The van der Waals surface area contributed by atoms with E-state index in [1.807, 2.05) is 0 Å². The first-order valence-corrected chi connectivity index (χ1v) is 6.00. The second-order valence-corrected chi connectivity index (χ2v) is 4.64. The van der Waals surface area contributed by atoms with Gasteiger partial charge in [0.05, 0.1) is 5.56 Å². The predicted molar refractivity (Wildman–Crippen MR) is 62.5 cm³/mol. The Morgan fingerprint density at radius 1 is 1.32 bits per heavy atom. The monoisotopic (exact) mass is 289 g/mol. The Hall–Kier alpha value is -1.76. The van der Waals surface area contributed by atoms with Crippen LogP contribution in [0.4, 0.5) is 17.6 Å². The van der Waals surface area contributed by atoms with Gasteiger partial charge in [0, 0.05) is 17.9 Å². The van der Waals surface area contributed by atoms with Crippen molar-refractivity contribution in [1.29, 1.82) is 0 Å². The predicted octanol–water partition coefficient (Wildman–Crippen LogP) is 4.17. The van der Waals surface area contributed by atoms with Gasteiger partial charge in [-0.15, -0.1) is 11.3 Å². The molecular weight excluding hydrogens is 282 g/mol. The summed E-state index contributed by atoms with van der Waals surface area (Å²) < 4.78 is 51.6. The van der Waals surface area contributed by atoms with Crippen molar-refractivity contribution < 1.29 is 22.4 Å². The van der Waals surface area contributed by atoms with Crippen LogP contribution in [0.15, 0.2) is 23.6 Å². The number of carbonyl (C=O) groups excluding carboxylic acids is 1. The summed E-state index contributed by atoms with van der Waals surface area (Å²) >= 11 is 0.871. The standard InChI is InChI=1S/C12H7F4NOS/c1-6(18)10-5-19-11(17-10)8-4-7(13)2-3-9(8)12(14,15)16/h2-5H,1H3. The highest BCUT2D eigenvalue weighted by atomic mass is 32.1. The van der Waals surface area contributed by atoms with Crippen molar-refractivity contribution >= 4 is 17.1 Å². The van der Waals surface area contributed by atoms with Crippen molar-refractivity contribution in [1.82, 2.24) is 4.98 Å². The summed E-state index contributed by atoms with van der Waals surface area (Å²) in [6.45, 7) is 1.26. The zero-order valence-corrected chi connectivity index (χ0v) is 10.4. The molecule has 0 bridgehead atoms. The largest absolute Gasteiger partial charge is 0.417 e. The average Bonchev–Trinajstić information content (AvgIpc) is 2.76. The molecule has 2 nitrogen and oxygen atoms in total. The summed E-state index contributed by atoms with van der Waals surface area (Å²) in [7, 11) is 0. The van der Waals surface area contributed by atoms with Gasteiger partial charge in [0.25, 0.3) is 0 Å². The van der Waals surface area contributed by atoms with Crippen LogP contribution in [-0.2, 0) is 6.18 Å². The Morgan fingerprint density at radius 2 is 2.00 bits per heavy atom. The fourth-order valence-electron chi connectivity index (χ4n) is 1.50. The molecule has 1 aromatic carbocycles. The summed E-state index contributed by atoms with van der Waals surface area (Å²) in [5, 5.41) is 1.32. The van der Waals surface area contributed by atoms with E-state index < -0.39 is 17.6 Å². The number of hydrogen-bond acceptors (Lipinski definition) is 3. The van der Waals surface area contributed by atoms with E-state index in [0.717, 1.165) is 23.5 Å². The van der Waals surface area contributed by atoms with Crippen molar-refractivity contribution in [2.75, 3.05) is 0 Å². The molecule has 0 radical (unpaired) electrons. The molecule has 7 heteroatoms. The Bertz CT molecular complexity index is 633. The first kappa shape index (κ1) is 13.7. The van der Waals surface area contributed by atoms with Gasteiger partial charge in [0.15, 0.2) is 5.78 Å². The highest BCUT2D eigenvalue weighted by Crippen LogP contribution is 2.38. The number of benzene rings is 1. The van der Waals surface area contributed by atoms with Gasteiger partial charge in [-0.1, -0.05) is 0 Å². The summed E-state index contributed by atoms with van der Waals surface area (Å²) in [4.78, 5) is 14.9. The number of carbonyl (C=O) groups is 1. The molecule has 0 aliphatic heterocycles. The van der Waals surface area contributed by atoms with E-state index in [0.29, 0.717) is 6.07 Å². The molecular formula is C12H7F4NOS. The summed E-state index contributed by atoms with van der Waals surface area (Å²) in [6.07, 6.45) is -4.61. The molecule has 0 aliphatic rings. The van der Waals surface area contributed by atoms with Crippen LogP contribution in [-0.4, -0.2) is 10.8 Å². The minimum absolute atomic E-state index is 0.0305. The number of halogens is 4. The minimum Gasteiger partial charge on any atom is -0.293 e. The zero-order valence-electron chi connectivity index (χ0n) is 9.58. The Kier molecular flexibility index (Phi) is 3.40. The van der Waals surface area contributed by atoms with Gasteiger partial charge < -0.3 is 0 Å². The van der Waals surface area contributed by atoms with E-state index in [4.69, 9.17) is 0 Å². The third kappa shape index (κ3) is 2.81. The van der Waals surface area contributed by atoms with Crippen LogP contribution in [0.3, 0.4) is 0 Å². The maximum atomic E-state index is 13.1. The summed E-state index contributed by atoms with van der Waals surface area (Å²) in [5.74, 6) is -1.14. The van der Waals surface area contributed by atoms with Crippen molar-refractivity contribution in [3.8, 4) is 10.6 Å². The van der Waals surface area contributed by atoms with Crippen molar-refractivity contribution in [3.63, 3.8) is 0 Å². The number of thiazole rings is 1. The molecule has 0 aliphatic carbocycles. The van der Waals surface area contributed by atoms with Crippen molar-refractivity contribution in [2.45, 2.75) is 13.1 Å². The summed E-state index contributed by atoms with van der Waals surface area (Å²) in [5.41, 5.74) is -1.26. The van der Waals surface area contributed by atoms with Gasteiger partial charge in [-0.05, 0) is 18.2 Å². The topological polar surface area (TPSA) is 30.0 Å². The van der Waals surface area contributed by atoms with Gasteiger partial charge in [0.1, 0.15) is 16.5 Å². The Balaban J connectivity index is 2.59. The van der Waals surface area contributed by atoms with Gasteiger partial charge in [-0.25, -0.2) is 9.37 Å². The van der Waals surface area contributed by atoms with E-state index in [9.17, 15) is 22.4 Å². The van der Waals surface area contributed by atoms with Crippen LogP contribution in [0, 0.1) is 5.82 Å². The first-order valence-electron chi connectivity index (χ1n) is 5.12. The van der Waals surface area contributed by atoms with E-state index in [-0.39, 0.29) is 22.0 Å². The van der Waals surface area contributed by atoms with Crippen LogP contribution in [0.2, 0.25) is 0 Å². The molecule has 0 amide bonds. The second kappa shape index (κ2) is 4.73. The van der Waals surface area contributed by atoms with Crippen LogP contribution in [0.1, 0.15) is 23.0 Å². The molecule has 0 fully saturated rings. The number of ketones is 1. The molecule has 2 aromatic rings. The maximum absolute atomic E-state index is 13.1. The van der Waals surface area contributed by atoms with Gasteiger partial charge in [-0.3, -0.25) is 4.79 Å². The number of nitrogens with zero attached hydrogens (tertiary/aromatic N) is 1. The van der Waals surface area contributed by atoms with E-state index >= 15 is 0 Å². The third-order valence-electron chi connectivity index (χ3n) is 2.38. The van der Waals surface area contributed by atoms with Crippen LogP contribution in [0.25, 0.3) is 10.6 Å². The van der Waals surface area contributed by atoms with Crippen molar-refractivity contribution in [3.05, 3.63) is 40.7 Å². The van der Waals surface area contributed by atoms with E-state index in [2.05, 4.69) is 4.98 Å². The maximum Gasteiger partial charge on any atom is 0.417 e. The number of rotatable bonds is 2. The average molecular weight is 289 g/mol. The smallest absolute Gasteiger partial charge is 0.293 e. The molecule has 19 heavy (non-hydrogen) atoms. The SMILES string of the molecule is CC(=O)c1csc(-c2cc(F)ccc2C(F)(F)F)n1. The lowest BCUT2D eigenvalue weighted by atomic mass is 10.1. The van der Waals surface area contributed by atoms with E-state index in [1.54, 1.807) is 0 Å². The molecule has 100 valence electrons. The lowest BCUT2D eigenvalue weighted by Crippen LogP contribution is -2.07. The third-order valence-corrected chi connectivity index (χ3v) is 3.26. The molecule has 0 saturated carbocycles. The summed E-state index contributed by atoms with van der Waals surface area (Å²) in [6, 6.07) is 2.18. The van der Waals surface area contributed by atoms with Gasteiger partial charge in [0.2, 0.25) is 0 Å². The molecule has 0 spiro atoms. The van der Waals surface area contributed by atoms with Crippen LogP contribution >= 0.6 is 11.3 Å². The molecule has 0 saturated heterocycles. The minimum atomic E-state index is -4.61. The van der Waals surface area contributed by atoms with Crippen LogP contribution in [0.5, 0.6) is 0 Å². The first-order chi connectivity index (χ1) is 8.79. The molecule has 1 aromatic heterocycles. The Labute approximate surface area is 109 Å². The second-order valence-electron chi connectivity index (χ2n) is 3.78. The van der Waals surface area contributed by atoms with Gasteiger partial charge in [-0.2, -0.15) is 13.2 Å². The molecule has 1 heterocycles. The van der Waals surface area contributed by atoms with E-state index in [1.165, 1.54) is 12.3 Å². The molecule has 0 atom stereocenters. The van der Waals surface area contributed by atoms with Crippen molar-refractivity contribution in [2.24, 2.45) is 0 Å².